The van der Waals surface area contributed by atoms with Crippen molar-refractivity contribution in [2.45, 2.75) is 32.4 Å². The van der Waals surface area contributed by atoms with E-state index >= 15 is 0 Å². The van der Waals surface area contributed by atoms with Crippen LogP contribution < -0.4 is 5.32 Å². The fraction of sp³-hybridized carbons (Fsp3) is 0.368. The maximum atomic E-state index is 13.7. The van der Waals surface area contributed by atoms with E-state index in [0.717, 1.165) is 11.1 Å². The van der Waals surface area contributed by atoms with Crippen molar-refractivity contribution in [3.05, 3.63) is 47.3 Å². The van der Waals surface area contributed by atoms with E-state index in [2.05, 4.69) is 10.4 Å². The smallest absolute Gasteiger partial charge is 0.352 e. The molecule has 29 heavy (non-hydrogen) atoms. The summed E-state index contributed by atoms with van der Waals surface area (Å²) in [6.07, 6.45) is -3.33. The number of amides is 3. The van der Waals surface area contributed by atoms with Gasteiger partial charge in [-0.3, -0.25) is 19.3 Å². The number of nitrogens with zero attached hydrogens (tertiary/aromatic N) is 3. The molecule has 0 bridgehead atoms. The minimum atomic E-state index is -4.79. The van der Waals surface area contributed by atoms with Crippen molar-refractivity contribution in [2.24, 2.45) is 0 Å². The van der Waals surface area contributed by atoms with Gasteiger partial charge in [-0.1, -0.05) is 18.2 Å². The fourth-order valence-electron chi connectivity index (χ4n) is 3.18. The highest BCUT2D eigenvalue weighted by atomic mass is 19.4. The Morgan fingerprint density at radius 1 is 1.17 bits per heavy atom. The molecule has 1 N–H and O–H groups in total. The standard InChI is InChI=1S/C19H19F3N4O3/c1-12-5-2-3-6-14(12)26-17(19(20,21)22)13(11-24-26)18(29)23-9-4-10-25-15(27)7-8-16(25)28/h2-3,5-6,11H,4,7-10H2,1H3,(H,23,29). The second-order valence-electron chi connectivity index (χ2n) is 6.65. The van der Waals surface area contributed by atoms with Crippen LogP contribution in [0, 0.1) is 6.92 Å². The van der Waals surface area contributed by atoms with Crippen LogP contribution in [0.2, 0.25) is 0 Å². The van der Waals surface area contributed by atoms with Crippen LogP contribution in [0.15, 0.2) is 30.5 Å². The molecule has 2 aromatic rings. The number of hydrogen-bond donors (Lipinski definition) is 1. The number of halogens is 3. The molecule has 1 fully saturated rings. The molecule has 0 unspecified atom stereocenters. The molecule has 1 aromatic heterocycles. The number of carbonyl (C=O) groups excluding carboxylic acids is 3. The van der Waals surface area contributed by atoms with E-state index in [1.54, 1.807) is 25.1 Å². The van der Waals surface area contributed by atoms with Gasteiger partial charge >= 0.3 is 6.18 Å². The molecule has 3 amide bonds. The molecular formula is C19H19F3N4O3. The van der Waals surface area contributed by atoms with Gasteiger partial charge in [-0.25, -0.2) is 4.68 Å². The Morgan fingerprint density at radius 2 is 1.83 bits per heavy atom. The van der Waals surface area contributed by atoms with Gasteiger partial charge in [0.1, 0.15) is 0 Å². The molecule has 1 aromatic carbocycles. The lowest BCUT2D eigenvalue weighted by molar-refractivity contribution is -0.143. The summed E-state index contributed by atoms with van der Waals surface area (Å²) in [7, 11) is 0. The van der Waals surface area contributed by atoms with Crippen molar-refractivity contribution < 1.29 is 27.6 Å². The number of benzene rings is 1. The molecule has 1 aliphatic rings. The van der Waals surface area contributed by atoms with Gasteiger partial charge in [0.05, 0.1) is 17.4 Å². The minimum absolute atomic E-state index is 0.0166. The third-order valence-electron chi connectivity index (χ3n) is 4.62. The van der Waals surface area contributed by atoms with Gasteiger partial charge in [0.2, 0.25) is 11.8 Å². The monoisotopic (exact) mass is 408 g/mol. The molecule has 1 saturated heterocycles. The van der Waals surface area contributed by atoms with E-state index in [1.807, 2.05) is 0 Å². The Morgan fingerprint density at radius 3 is 2.45 bits per heavy atom. The van der Waals surface area contributed by atoms with Crippen LogP contribution in [-0.2, 0) is 15.8 Å². The average Bonchev–Trinajstić information content (AvgIpc) is 3.23. The van der Waals surface area contributed by atoms with Crippen molar-refractivity contribution in [1.29, 1.82) is 0 Å². The predicted molar refractivity (Wildman–Crippen MR) is 96.2 cm³/mol. The summed E-state index contributed by atoms with van der Waals surface area (Å²) >= 11 is 0. The van der Waals surface area contributed by atoms with Gasteiger partial charge in [-0.15, -0.1) is 0 Å². The molecule has 0 spiro atoms. The number of carbonyl (C=O) groups is 3. The van der Waals surface area contributed by atoms with Gasteiger partial charge in [-0.05, 0) is 25.0 Å². The molecule has 0 saturated carbocycles. The van der Waals surface area contributed by atoms with Crippen LogP contribution in [-0.4, -0.2) is 45.5 Å². The number of imide groups is 1. The normalized spacial score (nSPS) is 14.6. The van der Waals surface area contributed by atoms with Crippen LogP contribution >= 0.6 is 0 Å². The van der Waals surface area contributed by atoms with Gasteiger partial charge in [0.25, 0.3) is 5.91 Å². The first-order valence-electron chi connectivity index (χ1n) is 9.02. The molecule has 10 heteroatoms. The summed E-state index contributed by atoms with van der Waals surface area (Å²) < 4.78 is 41.7. The largest absolute Gasteiger partial charge is 0.434 e. The zero-order valence-electron chi connectivity index (χ0n) is 15.6. The maximum absolute atomic E-state index is 13.7. The van der Waals surface area contributed by atoms with Crippen molar-refractivity contribution in [3.8, 4) is 5.69 Å². The first-order chi connectivity index (χ1) is 13.7. The molecule has 3 rings (SSSR count). The Hall–Kier alpha value is -3.17. The number of aromatic nitrogens is 2. The Balaban J connectivity index is 1.73. The van der Waals surface area contributed by atoms with Crippen molar-refractivity contribution in [1.82, 2.24) is 20.0 Å². The average molecular weight is 408 g/mol. The first-order valence-corrected chi connectivity index (χ1v) is 9.02. The molecule has 154 valence electrons. The third kappa shape index (κ3) is 4.30. The van der Waals surface area contributed by atoms with Crippen LogP contribution in [0.25, 0.3) is 5.69 Å². The van der Waals surface area contributed by atoms with Crippen LogP contribution in [0.5, 0.6) is 0 Å². The Kier molecular flexibility index (Phi) is 5.71. The van der Waals surface area contributed by atoms with Gasteiger partial charge in [0.15, 0.2) is 5.69 Å². The van der Waals surface area contributed by atoms with Crippen LogP contribution in [0.4, 0.5) is 13.2 Å². The van der Waals surface area contributed by atoms with Gasteiger partial charge < -0.3 is 5.32 Å². The summed E-state index contributed by atoms with van der Waals surface area (Å²) in [6, 6.07) is 6.42. The van der Waals surface area contributed by atoms with E-state index in [9.17, 15) is 27.6 Å². The molecular weight excluding hydrogens is 389 g/mol. The molecule has 7 nitrogen and oxygen atoms in total. The summed E-state index contributed by atoms with van der Waals surface area (Å²) in [4.78, 5) is 36.5. The lowest BCUT2D eigenvalue weighted by atomic mass is 10.1. The number of aryl methyl sites for hydroxylation is 1. The molecule has 0 atom stereocenters. The number of nitrogens with one attached hydrogen (secondary N) is 1. The van der Waals surface area contributed by atoms with Gasteiger partial charge in [-0.2, -0.15) is 18.3 Å². The van der Waals surface area contributed by atoms with Crippen molar-refractivity contribution in [3.63, 3.8) is 0 Å². The number of likely N-dealkylation sites (tertiary alicyclic amines) is 1. The van der Waals surface area contributed by atoms with E-state index in [-0.39, 0.29) is 49.9 Å². The van der Waals surface area contributed by atoms with Crippen LogP contribution in [0.1, 0.15) is 40.9 Å². The van der Waals surface area contributed by atoms with E-state index in [1.165, 1.54) is 6.07 Å². The summed E-state index contributed by atoms with van der Waals surface area (Å²) in [5.74, 6) is -1.48. The molecule has 0 radical (unpaired) electrons. The molecule has 0 aliphatic carbocycles. The SMILES string of the molecule is Cc1ccccc1-n1ncc(C(=O)NCCCN2C(=O)CCC2=O)c1C(F)(F)F. The van der Waals surface area contributed by atoms with Gasteiger partial charge in [0, 0.05) is 25.9 Å². The van der Waals surface area contributed by atoms with E-state index < -0.39 is 23.3 Å². The second-order valence-corrected chi connectivity index (χ2v) is 6.65. The lowest BCUT2D eigenvalue weighted by Crippen LogP contribution is -2.33. The number of para-hydroxylation sites is 1. The summed E-state index contributed by atoms with van der Waals surface area (Å²) in [5, 5.41) is 6.19. The lowest BCUT2D eigenvalue weighted by Gasteiger charge is -2.15. The predicted octanol–water partition coefficient (Wildman–Crippen LogP) is 2.47. The third-order valence-corrected chi connectivity index (χ3v) is 4.62. The minimum Gasteiger partial charge on any atom is -0.352 e. The summed E-state index contributed by atoms with van der Waals surface area (Å²) in [6.45, 7) is 1.78. The topological polar surface area (TPSA) is 84.3 Å². The zero-order chi connectivity index (χ0) is 21.2. The molecule has 1 aliphatic heterocycles. The maximum Gasteiger partial charge on any atom is 0.434 e. The van der Waals surface area contributed by atoms with E-state index in [4.69, 9.17) is 0 Å². The number of hydrogen-bond acceptors (Lipinski definition) is 4. The van der Waals surface area contributed by atoms with Crippen molar-refractivity contribution >= 4 is 17.7 Å². The number of alkyl halides is 3. The number of rotatable bonds is 6. The quantitative estimate of drug-likeness (QED) is 0.588. The first kappa shape index (κ1) is 20.6. The Bertz CT molecular complexity index is 936. The van der Waals surface area contributed by atoms with Crippen molar-refractivity contribution in [2.75, 3.05) is 13.1 Å². The van der Waals surface area contributed by atoms with E-state index in [0.29, 0.717) is 10.2 Å². The van der Waals surface area contributed by atoms with Crippen LogP contribution in [0.3, 0.4) is 0 Å². The molecule has 2 heterocycles. The highest BCUT2D eigenvalue weighted by molar-refractivity contribution is 6.01. The second kappa shape index (κ2) is 8.06. The fourth-order valence-corrected chi connectivity index (χ4v) is 3.18. The highest BCUT2D eigenvalue weighted by Crippen LogP contribution is 2.34. The summed E-state index contributed by atoms with van der Waals surface area (Å²) in [5.41, 5.74) is -0.943. The Labute approximate surface area is 164 Å². The highest BCUT2D eigenvalue weighted by Gasteiger charge is 2.40. The zero-order valence-corrected chi connectivity index (χ0v) is 15.6.